The second-order valence-corrected chi connectivity index (χ2v) is 6.77. The molecule has 5 nitrogen and oxygen atoms in total. The van der Waals surface area contributed by atoms with E-state index >= 15 is 0 Å². The van der Waals surface area contributed by atoms with E-state index in [2.05, 4.69) is 24.1 Å². The van der Waals surface area contributed by atoms with E-state index in [1.165, 1.54) is 22.3 Å². The smallest absolute Gasteiger partial charge is 0.161 e. The van der Waals surface area contributed by atoms with Gasteiger partial charge in [0.1, 0.15) is 0 Å². The van der Waals surface area contributed by atoms with Crippen molar-refractivity contribution in [3.8, 4) is 23.0 Å². The molecule has 2 aliphatic heterocycles. The molecule has 2 heterocycles. The summed E-state index contributed by atoms with van der Waals surface area (Å²) in [6, 6.07) is 8.29. The summed E-state index contributed by atoms with van der Waals surface area (Å²) in [6.45, 7) is 0.925. The molecule has 25 heavy (non-hydrogen) atoms. The van der Waals surface area contributed by atoms with Crippen molar-refractivity contribution in [3.63, 3.8) is 0 Å². The summed E-state index contributed by atoms with van der Waals surface area (Å²) in [4.78, 5) is 2.38. The summed E-state index contributed by atoms with van der Waals surface area (Å²) in [5.74, 6) is 2.44. The maximum absolute atomic E-state index is 10.2. The van der Waals surface area contributed by atoms with Gasteiger partial charge < -0.3 is 19.3 Å². The lowest BCUT2D eigenvalue weighted by atomic mass is 9.84. The molecule has 0 amide bonds. The first-order chi connectivity index (χ1) is 12.1. The molecule has 2 bridgehead atoms. The van der Waals surface area contributed by atoms with Crippen molar-refractivity contribution in [2.75, 3.05) is 34.9 Å². The number of nitrogens with zero attached hydrogens (tertiary/aromatic N) is 1. The zero-order valence-corrected chi connectivity index (χ0v) is 15.0. The van der Waals surface area contributed by atoms with Crippen LogP contribution < -0.4 is 14.2 Å². The first-order valence-electron chi connectivity index (χ1n) is 8.43. The molecule has 2 atom stereocenters. The highest BCUT2D eigenvalue weighted by atomic mass is 16.5. The van der Waals surface area contributed by atoms with Crippen LogP contribution in [0.25, 0.3) is 0 Å². The van der Waals surface area contributed by atoms with Crippen molar-refractivity contribution in [1.29, 1.82) is 0 Å². The highest BCUT2D eigenvalue weighted by Gasteiger charge is 2.38. The van der Waals surface area contributed by atoms with Gasteiger partial charge >= 0.3 is 0 Å². The average Bonchev–Trinajstić information content (AvgIpc) is 2.83. The highest BCUT2D eigenvalue weighted by molar-refractivity contribution is 5.58. The number of rotatable bonds is 3. The highest BCUT2D eigenvalue weighted by Crippen LogP contribution is 2.50. The summed E-state index contributed by atoms with van der Waals surface area (Å²) < 4.78 is 16.4. The Kier molecular flexibility index (Phi) is 3.76. The number of ether oxygens (including phenoxy) is 3. The molecule has 5 rings (SSSR count). The first-order valence-corrected chi connectivity index (χ1v) is 8.43. The number of methoxy groups -OCH3 is 3. The van der Waals surface area contributed by atoms with Crippen LogP contribution in [0.5, 0.6) is 23.0 Å². The van der Waals surface area contributed by atoms with Crippen molar-refractivity contribution >= 4 is 0 Å². The van der Waals surface area contributed by atoms with Crippen LogP contribution in [0.4, 0.5) is 0 Å². The standard InChI is InChI=1S/C20H23NO4/c1-21-10-15-12-7-18(23-2)17(22)6-11(12)5-16(21)14-9-20(25-4)19(24-3)8-13(14)15/h6-9,15-16,22H,5,10H2,1-4H3/t15-,16+/m1/s1. The molecule has 0 saturated heterocycles. The maximum atomic E-state index is 10.2. The number of likely N-dealkylation sites (N-methyl/N-ethyl adjacent to an activating group) is 1. The van der Waals surface area contributed by atoms with Crippen LogP contribution in [0.1, 0.15) is 34.2 Å². The number of fused-ring (bicyclic) bond motifs is 1. The fourth-order valence-corrected chi connectivity index (χ4v) is 4.28. The Hall–Kier alpha value is -2.40. The normalized spacial score (nSPS) is 21.3. The Bertz CT molecular complexity index is 833. The maximum Gasteiger partial charge on any atom is 0.161 e. The molecule has 2 aromatic rings. The minimum atomic E-state index is 0.199. The fraction of sp³-hybridized carbons (Fsp3) is 0.400. The van der Waals surface area contributed by atoms with Crippen LogP contribution in [0.3, 0.4) is 0 Å². The van der Waals surface area contributed by atoms with Gasteiger partial charge in [-0.1, -0.05) is 0 Å². The second kappa shape index (κ2) is 5.85. The number of phenols is 1. The van der Waals surface area contributed by atoms with Crippen molar-refractivity contribution < 1.29 is 19.3 Å². The second-order valence-electron chi connectivity index (χ2n) is 6.77. The predicted molar refractivity (Wildman–Crippen MR) is 95.1 cm³/mol. The number of hydrogen-bond donors (Lipinski definition) is 1. The van der Waals surface area contributed by atoms with Gasteiger partial charge in [-0.05, 0) is 60.0 Å². The number of phenolic OH excluding ortho intramolecular Hbond substituents is 1. The molecule has 1 N–H and O–H groups in total. The molecule has 3 aliphatic rings. The van der Waals surface area contributed by atoms with Gasteiger partial charge in [-0.15, -0.1) is 0 Å². The summed E-state index contributed by atoms with van der Waals surface area (Å²) in [7, 11) is 7.07. The van der Waals surface area contributed by atoms with Gasteiger partial charge in [0.2, 0.25) is 0 Å². The zero-order valence-electron chi connectivity index (χ0n) is 15.0. The molecule has 0 unspecified atom stereocenters. The molecule has 0 spiro atoms. The Morgan fingerprint density at radius 2 is 1.48 bits per heavy atom. The van der Waals surface area contributed by atoms with Crippen molar-refractivity contribution in [3.05, 3.63) is 46.5 Å². The molecule has 0 fully saturated rings. The van der Waals surface area contributed by atoms with E-state index in [1.54, 1.807) is 21.3 Å². The molecular formula is C20H23NO4. The van der Waals surface area contributed by atoms with Gasteiger partial charge in [-0.3, -0.25) is 4.90 Å². The van der Waals surface area contributed by atoms with Crippen LogP contribution in [0, 0.1) is 0 Å². The monoisotopic (exact) mass is 341 g/mol. The van der Waals surface area contributed by atoms with E-state index in [1.807, 2.05) is 12.1 Å². The van der Waals surface area contributed by atoms with Crippen LogP contribution in [-0.4, -0.2) is 44.9 Å². The summed E-state index contributed by atoms with van der Waals surface area (Å²) >= 11 is 0. The zero-order chi connectivity index (χ0) is 17.7. The van der Waals surface area contributed by atoms with E-state index in [0.29, 0.717) is 5.75 Å². The quantitative estimate of drug-likeness (QED) is 0.930. The number of benzene rings is 2. The van der Waals surface area contributed by atoms with Gasteiger partial charge in [0.05, 0.1) is 21.3 Å². The molecule has 0 radical (unpaired) electrons. The topological polar surface area (TPSA) is 51.2 Å². The van der Waals surface area contributed by atoms with E-state index in [-0.39, 0.29) is 17.7 Å². The van der Waals surface area contributed by atoms with E-state index in [4.69, 9.17) is 14.2 Å². The molecule has 2 aromatic carbocycles. The molecular weight excluding hydrogens is 318 g/mol. The molecule has 5 heteroatoms. The minimum Gasteiger partial charge on any atom is -0.504 e. The van der Waals surface area contributed by atoms with Crippen LogP contribution in [0.15, 0.2) is 24.3 Å². The Labute approximate surface area is 147 Å². The Morgan fingerprint density at radius 1 is 0.880 bits per heavy atom. The third-order valence-corrected chi connectivity index (χ3v) is 5.56. The van der Waals surface area contributed by atoms with Gasteiger partial charge in [0.25, 0.3) is 0 Å². The SMILES string of the molecule is COc1cc2c(cc1O)C[C@H]1c3cc(OC)c(OC)cc3[C@@H]2CN1C. The lowest BCUT2D eigenvalue weighted by Crippen LogP contribution is -2.33. The Morgan fingerprint density at radius 3 is 2.12 bits per heavy atom. The summed E-state index contributed by atoms with van der Waals surface area (Å²) in [6.07, 6.45) is 0.850. The lowest BCUT2D eigenvalue weighted by Gasteiger charge is -2.36. The van der Waals surface area contributed by atoms with E-state index in [0.717, 1.165) is 24.5 Å². The Balaban J connectivity index is 1.95. The minimum absolute atomic E-state index is 0.199. The van der Waals surface area contributed by atoms with E-state index < -0.39 is 0 Å². The fourth-order valence-electron chi connectivity index (χ4n) is 4.28. The number of hydrogen-bond acceptors (Lipinski definition) is 5. The average molecular weight is 341 g/mol. The third kappa shape index (κ3) is 2.34. The molecule has 0 aromatic heterocycles. The predicted octanol–water partition coefficient (Wildman–Crippen LogP) is 3.09. The molecule has 1 aliphatic carbocycles. The largest absolute Gasteiger partial charge is 0.504 e. The summed E-state index contributed by atoms with van der Waals surface area (Å²) in [5, 5.41) is 10.2. The first kappa shape index (κ1) is 16.1. The van der Waals surface area contributed by atoms with Gasteiger partial charge in [-0.2, -0.15) is 0 Å². The number of aromatic hydroxyl groups is 1. The van der Waals surface area contributed by atoms with Crippen molar-refractivity contribution in [2.24, 2.45) is 0 Å². The van der Waals surface area contributed by atoms with Crippen LogP contribution in [0.2, 0.25) is 0 Å². The summed E-state index contributed by atoms with van der Waals surface area (Å²) in [5.41, 5.74) is 4.93. The lowest BCUT2D eigenvalue weighted by molar-refractivity contribution is 0.225. The van der Waals surface area contributed by atoms with Crippen molar-refractivity contribution in [2.45, 2.75) is 18.4 Å². The van der Waals surface area contributed by atoms with Crippen LogP contribution >= 0.6 is 0 Å². The van der Waals surface area contributed by atoms with Gasteiger partial charge in [0, 0.05) is 18.5 Å². The van der Waals surface area contributed by atoms with Crippen molar-refractivity contribution in [1.82, 2.24) is 4.90 Å². The third-order valence-electron chi connectivity index (χ3n) is 5.56. The van der Waals surface area contributed by atoms with Gasteiger partial charge in [0.15, 0.2) is 23.0 Å². The van der Waals surface area contributed by atoms with Crippen LogP contribution in [-0.2, 0) is 6.42 Å². The van der Waals surface area contributed by atoms with Gasteiger partial charge in [-0.25, -0.2) is 0 Å². The van der Waals surface area contributed by atoms with E-state index in [9.17, 15) is 5.11 Å². The molecule has 0 saturated carbocycles. The molecule has 132 valence electrons.